The first kappa shape index (κ1) is 21.1. The van der Waals surface area contributed by atoms with Gasteiger partial charge in [-0.15, -0.1) is 0 Å². The van der Waals surface area contributed by atoms with Gasteiger partial charge in [-0.05, 0) is 42.8 Å². The number of nitrogens with one attached hydrogen (secondary N) is 2. The van der Waals surface area contributed by atoms with E-state index in [1.54, 1.807) is 24.4 Å². The van der Waals surface area contributed by atoms with Crippen LogP contribution in [-0.4, -0.2) is 58.2 Å². The largest absolute Gasteiger partial charge is 0.491 e. The van der Waals surface area contributed by atoms with E-state index >= 15 is 0 Å². The van der Waals surface area contributed by atoms with Crippen molar-refractivity contribution in [1.82, 2.24) is 19.9 Å². The van der Waals surface area contributed by atoms with E-state index in [0.29, 0.717) is 54.6 Å². The van der Waals surface area contributed by atoms with Crippen LogP contribution in [0.4, 0.5) is 10.2 Å². The molecule has 0 bridgehead atoms. The molecule has 2 aromatic carbocycles. The molecule has 1 amide bonds. The molecule has 1 fully saturated rings. The summed E-state index contributed by atoms with van der Waals surface area (Å²) in [5.41, 5.74) is 2.57. The maximum absolute atomic E-state index is 13.4. The molecule has 8 heteroatoms. The summed E-state index contributed by atoms with van der Waals surface area (Å²) in [7, 11) is 0. The molecule has 168 valence electrons. The molecule has 0 radical (unpaired) electrons. The number of pyridine rings is 1. The number of nitrogens with zero attached hydrogens (tertiary/aromatic N) is 3. The molecule has 0 unspecified atom stereocenters. The Morgan fingerprint density at radius 1 is 1.15 bits per heavy atom. The second-order valence-electron chi connectivity index (χ2n) is 7.99. The summed E-state index contributed by atoms with van der Waals surface area (Å²) in [6.45, 7) is 2.37. The normalized spacial score (nSPS) is 16.2. The van der Waals surface area contributed by atoms with Crippen LogP contribution in [0.3, 0.4) is 0 Å². The standard InChI is InChI=1S/C25H24FN5O2/c26-17-11-13-31(16-17)14-15-33-21-9-2-1-6-18(21)24-28-20-8-5-7-19(23(20)30-24)25(32)29-22-10-3-4-12-27-22/h1-10,12,17H,11,13-16H2,(H,28,30)(H,27,29,32)/t17-/m0/s1. The van der Waals surface area contributed by atoms with E-state index in [9.17, 15) is 9.18 Å². The zero-order chi connectivity index (χ0) is 22.6. The van der Waals surface area contributed by atoms with Crippen molar-refractivity contribution in [2.75, 3.05) is 31.6 Å². The first-order chi connectivity index (χ1) is 16.2. The average molecular weight is 445 g/mol. The van der Waals surface area contributed by atoms with Crippen molar-refractivity contribution in [2.24, 2.45) is 0 Å². The van der Waals surface area contributed by atoms with Crippen molar-refractivity contribution in [1.29, 1.82) is 0 Å². The lowest BCUT2D eigenvalue weighted by Gasteiger charge is -2.16. The number of imidazole rings is 1. The number of alkyl halides is 1. The third-order valence-corrected chi connectivity index (χ3v) is 5.69. The van der Waals surface area contributed by atoms with Crippen molar-refractivity contribution in [2.45, 2.75) is 12.6 Å². The minimum Gasteiger partial charge on any atom is -0.491 e. The Bertz CT molecular complexity index is 1260. The minimum atomic E-state index is -0.739. The van der Waals surface area contributed by atoms with Crippen molar-refractivity contribution >= 4 is 22.8 Å². The fraction of sp³-hybridized carbons (Fsp3) is 0.240. The predicted octanol–water partition coefficient (Wildman–Crippen LogP) is 4.30. The lowest BCUT2D eigenvalue weighted by molar-refractivity contribution is 0.102. The molecule has 2 N–H and O–H groups in total. The summed E-state index contributed by atoms with van der Waals surface area (Å²) in [5.74, 6) is 1.50. The van der Waals surface area contributed by atoms with Gasteiger partial charge in [-0.2, -0.15) is 0 Å². The number of halogens is 1. The minimum absolute atomic E-state index is 0.279. The number of H-pyrrole nitrogens is 1. The zero-order valence-corrected chi connectivity index (χ0v) is 18.0. The van der Waals surface area contributed by atoms with Crippen LogP contribution in [0.2, 0.25) is 0 Å². The van der Waals surface area contributed by atoms with Crippen molar-refractivity contribution in [3.63, 3.8) is 0 Å². The van der Waals surface area contributed by atoms with Gasteiger partial charge in [-0.1, -0.05) is 24.3 Å². The number of hydrogen-bond donors (Lipinski definition) is 2. The maximum atomic E-state index is 13.4. The van der Waals surface area contributed by atoms with E-state index in [2.05, 4.69) is 20.2 Å². The molecule has 0 saturated carbocycles. The molecule has 0 aliphatic carbocycles. The summed E-state index contributed by atoms with van der Waals surface area (Å²) in [6.07, 6.45) is 1.47. The average Bonchev–Trinajstić information content (AvgIpc) is 3.46. The van der Waals surface area contributed by atoms with Crippen molar-refractivity contribution in [3.05, 3.63) is 72.4 Å². The predicted molar refractivity (Wildman–Crippen MR) is 125 cm³/mol. The molecule has 3 heterocycles. The summed E-state index contributed by atoms with van der Waals surface area (Å²) >= 11 is 0. The topological polar surface area (TPSA) is 83.1 Å². The lowest BCUT2D eigenvalue weighted by Crippen LogP contribution is -2.26. The number of carbonyl (C=O) groups excluding carboxylic acids is 1. The van der Waals surface area contributed by atoms with E-state index in [4.69, 9.17) is 9.72 Å². The van der Waals surface area contributed by atoms with Crippen LogP contribution >= 0.6 is 0 Å². The number of rotatable bonds is 7. The second-order valence-corrected chi connectivity index (χ2v) is 7.99. The zero-order valence-electron chi connectivity index (χ0n) is 18.0. The van der Waals surface area contributed by atoms with E-state index in [0.717, 1.165) is 17.6 Å². The van der Waals surface area contributed by atoms with Gasteiger partial charge in [0.2, 0.25) is 0 Å². The van der Waals surface area contributed by atoms with Gasteiger partial charge in [0, 0.05) is 25.8 Å². The number of amides is 1. The SMILES string of the molecule is O=C(Nc1ccccn1)c1cccc2[nH]c(-c3ccccc3OCCN3CC[C@H](F)C3)nc12. The van der Waals surface area contributed by atoms with Crippen LogP contribution in [-0.2, 0) is 0 Å². The number of ether oxygens (including phenoxy) is 1. The Morgan fingerprint density at radius 2 is 2.03 bits per heavy atom. The van der Waals surface area contributed by atoms with Gasteiger partial charge >= 0.3 is 0 Å². The highest BCUT2D eigenvalue weighted by Crippen LogP contribution is 2.30. The smallest absolute Gasteiger partial charge is 0.259 e. The number of para-hydroxylation sites is 2. The number of fused-ring (bicyclic) bond motifs is 1. The molecule has 33 heavy (non-hydrogen) atoms. The molecule has 4 aromatic rings. The number of anilines is 1. The number of likely N-dealkylation sites (tertiary alicyclic amines) is 1. The molecule has 1 saturated heterocycles. The van der Waals surface area contributed by atoms with Crippen LogP contribution in [0.1, 0.15) is 16.8 Å². The summed E-state index contributed by atoms with van der Waals surface area (Å²) < 4.78 is 19.4. The van der Waals surface area contributed by atoms with Crippen LogP contribution in [0.15, 0.2) is 66.9 Å². The highest BCUT2D eigenvalue weighted by atomic mass is 19.1. The Kier molecular flexibility index (Phi) is 5.99. The van der Waals surface area contributed by atoms with Gasteiger partial charge in [0.25, 0.3) is 5.91 Å². The molecule has 0 spiro atoms. The molecule has 7 nitrogen and oxygen atoms in total. The number of aromatic nitrogens is 3. The first-order valence-electron chi connectivity index (χ1n) is 11.0. The Morgan fingerprint density at radius 3 is 2.85 bits per heavy atom. The summed E-state index contributed by atoms with van der Waals surface area (Å²) in [6, 6.07) is 18.4. The number of hydrogen-bond acceptors (Lipinski definition) is 5. The van der Waals surface area contributed by atoms with Gasteiger partial charge in [0.1, 0.15) is 35.7 Å². The van der Waals surface area contributed by atoms with E-state index < -0.39 is 6.17 Å². The molecular weight excluding hydrogens is 421 g/mol. The van der Waals surface area contributed by atoms with Crippen molar-refractivity contribution < 1.29 is 13.9 Å². The van der Waals surface area contributed by atoms with Gasteiger partial charge in [0.15, 0.2) is 0 Å². The Hall–Kier alpha value is -3.78. The quantitative estimate of drug-likeness (QED) is 0.443. The van der Waals surface area contributed by atoms with Gasteiger partial charge < -0.3 is 15.0 Å². The molecule has 5 rings (SSSR count). The van der Waals surface area contributed by atoms with Crippen molar-refractivity contribution in [3.8, 4) is 17.1 Å². The third kappa shape index (κ3) is 4.70. The van der Waals surface area contributed by atoms with Crippen LogP contribution < -0.4 is 10.1 Å². The lowest BCUT2D eigenvalue weighted by atomic mass is 10.1. The molecular formula is C25H24FN5O2. The fourth-order valence-corrected chi connectivity index (χ4v) is 4.02. The monoisotopic (exact) mass is 445 g/mol. The van der Waals surface area contributed by atoms with E-state index in [-0.39, 0.29) is 5.91 Å². The summed E-state index contributed by atoms with van der Waals surface area (Å²) in [4.78, 5) is 27.1. The Labute approximate surface area is 190 Å². The van der Waals surface area contributed by atoms with Gasteiger partial charge in [0.05, 0.1) is 16.6 Å². The van der Waals surface area contributed by atoms with E-state index in [1.165, 1.54) is 0 Å². The summed E-state index contributed by atoms with van der Waals surface area (Å²) in [5, 5.41) is 2.81. The Balaban J connectivity index is 1.37. The van der Waals surface area contributed by atoms with Gasteiger partial charge in [-0.25, -0.2) is 14.4 Å². The van der Waals surface area contributed by atoms with Crippen LogP contribution in [0.5, 0.6) is 5.75 Å². The van der Waals surface area contributed by atoms with Crippen LogP contribution in [0, 0.1) is 0 Å². The molecule has 2 aromatic heterocycles. The van der Waals surface area contributed by atoms with Crippen LogP contribution in [0.25, 0.3) is 22.4 Å². The highest BCUT2D eigenvalue weighted by Gasteiger charge is 2.21. The highest BCUT2D eigenvalue weighted by molar-refractivity contribution is 6.11. The third-order valence-electron chi connectivity index (χ3n) is 5.69. The molecule has 1 aliphatic heterocycles. The van der Waals surface area contributed by atoms with Gasteiger partial charge in [-0.3, -0.25) is 9.69 Å². The number of aromatic amines is 1. The van der Waals surface area contributed by atoms with E-state index in [1.807, 2.05) is 42.5 Å². The second kappa shape index (κ2) is 9.38. The maximum Gasteiger partial charge on any atom is 0.259 e. The first-order valence-corrected chi connectivity index (χ1v) is 11.0. The molecule has 1 atom stereocenters. The number of carbonyl (C=O) groups is 1. The molecule has 1 aliphatic rings. The fourth-order valence-electron chi connectivity index (χ4n) is 4.02. The number of benzene rings is 2.